The van der Waals surface area contributed by atoms with Gasteiger partial charge >= 0.3 is 0 Å². The van der Waals surface area contributed by atoms with E-state index < -0.39 is 0 Å². The Labute approximate surface area is 134 Å². The van der Waals surface area contributed by atoms with Gasteiger partial charge in [-0.2, -0.15) is 0 Å². The van der Waals surface area contributed by atoms with Gasteiger partial charge in [-0.25, -0.2) is 0 Å². The van der Waals surface area contributed by atoms with E-state index in [1.807, 2.05) is 0 Å². The number of aryl methyl sites for hydroxylation is 1. The number of hydrogen-bond acceptors (Lipinski definition) is 1. The van der Waals surface area contributed by atoms with E-state index >= 15 is 0 Å². The minimum atomic E-state index is 0.523. The highest BCUT2D eigenvalue weighted by Crippen LogP contribution is 2.18. The Kier molecular flexibility index (Phi) is 5.44. The van der Waals surface area contributed by atoms with Gasteiger partial charge in [-0.15, -0.1) is 0 Å². The molecule has 0 aliphatic carbocycles. The summed E-state index contributed by atoms with van der Waals surface area (Å²) in [5, 5.41) is 3.81. The number of hydrogen-bond donors (Lipinski definition) is 1. The van der Waals surface area contributed by atoms with Crippen LogP contribution in [-0.2, 0) is 6.42 Å². The number of rotatable bonds is 5. The first kappa shape index (κ1) is 15.1. The first-order chi connectivity index (χ1) is 10.9. The third-order valence-corrected chi connectivity index (χ3v) is 4.46. The zero-order valence-corrected chi connectivity index (χ0v) is 13.1. The quantitative estimate of drug-likeness (QED) is 0.831. The van der Waals surface area contributed by atoms with Gasteiger partial charge in [-0.3, -0.25) is 0 Å². The van der Waals surface area contributed by atoms with Crippen molar-refractivity contribution in [2.75, 3.05) is 0 Å². The van der Waals surface area contributed by atoms with Crippen LogP contribution in [0.3, 0.4) is 0 Å². The lowest BCUT2D eigenvalue weighted by Crippen LogP contribution is -2.41. The topological polar surface area (TPSA) is 12.0 Å². The molecule has 0 saturated carbocycles. The minimum Gasteiger partial charge on any atom is -0.308 e. The number of piperidine rings is 1. The highest BCUT2D eigenvalue weighted by atomic mass is 15.0. The summed E-state index contributed by atoms with van der Waals surface area (Å²) in [4.78, 5) is 0. The van der Waals surface area contributed by atoms with Crippen molar-refractivity contribution >= 4 is 6.08 Å². The summed E-state index contributed by atoms with van der Waals surface area (Å²) in [5.41, 5.74) is 2.74. The molecule has 0 bridgehead atoms. The fourth-order valence-electron chi connectivity index (χ4n) is 3.21. The van der Waals surface area contributed by atoms with Gasteiger partial charge in [0.1, 0.15) is 0 Å². The maximum atomic E-state index is 3.81. The molecule has 2 aromatic carbocycles. The molecule has 1 aliphatic heterocycles. The fourth-order valence-corrected chi connectivity index (χ4v) is 3.21. The summed E-state index contributed by atoms with van der Waals surface area (Å²) in [6.07, 6.45) is 10.9. The molecule has 1 unspecified atom stereocenters. The van der Waals surface area contributed by atoms with Crippen LogP contribution in [0.5, 0.6) is 0 Å². The molecule has 0 radical (unpaired) electrons. The summed E-state index contributed by atoms with van der Waals surface area (Å²) in [7, 11) is 0. The summed E-state index contributed by atoms with van der Waals surface area (Å²) < 4.78 is 0. The van der Waals surface area contributed by atoms with Crippen molar-refractivity contribution in [2.45, 2.75) is 44.2 Å². The molecule has 0 amide bonds. The van der Waals surface area contributed by atoms with Crippen molar-refractivity contribution in [3.8, 4) is 0 Å². The van der Waals surface area contributed by atoms with E-state index in [0.29, 0.717) is 12.1 Å². The maximum absolute atomic E-state index is 3.81. The van der Waals surface area contributed by atoms with Crippen LogP contribution in [0.25, 0.3) is 6.08 Å². The van der Waals surface area contributed by atoms with Crippen molar-refractivity contribution in [1.29, 1.82) is 0 Å². The predicted octanol–water partition coefficient (Wildman–Crippen LogP) is 4.84. The van der Waals surface area contributed by atoms with E-state index in [9.17, 15) is 0 Å². The van der Waals surface area contributed by atoms with Gasteiger partial charge in [0, 0.05) is 12.1 Å². The molecule has 0 aromatic heterocycles. The second-order valence-electron chi connectivity index (χ2n) is 6.20. The molecule has 2 aromatic rings. The molecule has 1 heteroatoms. The Bertz CT molecular complexity index is 573. The molecule has 1 nitrogen and oxygen atoms in total. The van der Waals surface area contributed by atoms with Gasteiger partial charge in [-0.05, 0) is 36.8 Å². The second kappa shape index (κ2) is 7.95. The van der Waals surface area contributed by atoms with Crippen molar-refractivity contribution in [1.82, 2.24) is 5.32 Å². The molecule has 22 heavy (non-hydrogen) atoms. The van der Waals surface area contributed by atoms with Crippen molar-refractivity contribution in [2.24, 2.45) is 0 Å². The molecular weight excluding hydrogens is 266 g/mol. The lowest BCUT2D eigenvalue weighted by molar-refractivity contribution is 0.341. The highest BCUT2D eigenvalue weighted by molar-refractivity contribution is 5.49. The first-order valence-electron chi connectivity index (χ1n) is 8.43. The molecule has 1 saturated heterocycles. The van der Waals surface area contributed by atoms with Gasteiger partial charge in [-0.1, -0.05) is 79.2 Å². The van der Waals surface area contributed by atoms with Gasteiger partial charge in [0.2, 0.25) is 0 Å². The second-order valence-corrected chi connectivity index (χ2v) is 6.20. The lowest BCUT2D eigenvalue weighted by Gasteiger charge is -2.29. The molecule has 114 valence electrons. The Morgan fingerprint density at radius 2 is 1.64 bits per heavy atom. The monoisotopic (exact) mass is 291 g/mol. The molecule has 1 aliphatic rings. The lowest BCUT2D eigenvalue weighted by atomic mass is 9.93. The molecule has 0 spiro atoms. The summed E-state index contributed by atoms with van der Waals surface area (Å²) >= 11 is 0. The summed E-state index contributed by atoms with van der Waals surface area (Å²) in [5.74, 6) is 0. The predicted molar refractivity (Wildman–Crippen MR) is 94.8 cm³/mol. The maximum Gasteiger partial charge on any atom is 0.0255 e. The molecular formula is C21H25N. The molecule has 1 heterocycles. The third-order valence-electron chi connectivity index (χ3n) is 4.46. The zero-order chi connectivity index (χ0) is 15.0. The SMILES string of the molecule is C(=C[C@@H]1CCCC(CCc2ccccc2)N1)c1ccccc1. The van der Waals surface area contributed by atoms with E-state index in [0.717, 1.165) is 0 Å². The van der Waals surface area contributed by atoms with E-state index in [-0.39, 0.29) is 0 Å². The average Bonchev–Trinajstić information content (AvgIpc) is 2.60. The van der Waals surface area contributed by atoms with Crippen LogP contribution in [-0.4, -0.2) is 12.1 Å². The fraction of sp³-hybridized carbons (Fsp3) is 0.333. The van der Waals surface area contributed by atoms with Crippen LogP contribution >= 0.6 is 0 Å². The van der Waals surface area contributed by atoms with Crippen LogP contribution in [0, 0.1) is 0 Å². The van der Waals surface area contributed by atoms with Crippen LogP contribution in [0.15, 0.2) is 66.7 Å². The number of benzene rings is 2. The molecule has 1 fully saturated rings. The summed E-state index contributed by atoms with van der Waals surface area (Å²) in [6, 6.07) is 22.6. The van der Waals surface area contributed by atoms with Crippen molar-refractivity contribution < 1.29 is 0 Å². The van der Waals surface area contributed by atoms with E-state index in [1.54, 1.807) is 0 Å². The van der Waals surface area contributed by atoms with Crippen molar-refractivity contribution in [3.63, 3.8) is 0 Å². The van der Waals surface area contributed by atoms with E-state index in [2.05, 4.69) is 78.1 Å². The van der Waals surface area contributed by atoms with Gasteiger partial charge < -0.3 is 5.32 Å². The summed E-state index contributed by atoms with van der Waals surface area (Å²) in [6.45, 7) is 0. The standard InChI is InChI=1S/C21H25N/c1-3-8-18(9-4-1)14-16-20-12-7-13-21(22-20)17-15-19-10-5-2-6-11-19/h1-6,8-11,14,16,20-22H,7,12-13,15,17H2/t20-,21?/m0/s1. The molecule has 2 atom stereocenters. The van der Waals surface area contributed by atoms with Crippen LogP contribution in [0.1, 0.15) is 36.8 Å². The number of nitrogens with one attached hydrogen (secondary N) is 1. The Balaban J connectivity index is 1.50. The van der Waals surface area contributed by atoms with E-state index in [4.69, 9.17) is 0 Å². The molecule has 3 rings (SSSR count). The van der Waals surface area contributed by atoms with Crippen LogP contribution < -0.4 is 5.32 Å². The largest absolute Gasteiger partial charge is 0.308 e. The normalized spacial score (nSPS) is 22.0. The van der Waals surface area contributed by atoms with Crippen LogP contribution in [0.2, 0.25) is 0 Å². The Morgan fingerprint density at radius 3 is 2.41 bits per heavy atom. The first-order valence-corrected chi connectivity index (χ1v) is 8.43. The molecule has 1 N–H and O–H groups in total. The highest BCUT2D eigenvalue weighted by Gasteiger charge is 2.18. The third kappa shape index (κ3) is 4.57. The van der Waals surface area contributed by atoms with Gasteiger partial charge in [0.25, 0.3) is 0 Å². The van der Waals surface area contributed by atoms with Gasteiger partial charge in [0.15, 0.2) is 0 Å². The minimum absolute atomic E-state index is 0.523. The van der Waals surface area contributed by atoms with E-state index in [1.165, 1.54) is 43.2 Å². The smallest absolute Gasteiger partial charge is 0.0255 e. The van der Waals surface area contributed by atoms with Crippen LogP contribution in [0.4, 0.5) is 0 Å². The zero-order valence-electron chi connectivity index (χ0n) is 13.1. The Morgan fingerprint density at radius 1 is 0.909 bits per heavy atom. The average molecular weight is 291 g/mol. The van der Waals surface area contributed by atoms with Gasteiger partial charge in [0.05, 0.1) is 0 Å². The Hall–Kier alpha value is -1.86. The van der Waals surface area contributed by atoms with Crippen molar-refractivity contribution in [3.05, 3.63) is 77.9 Å².